The highest BCUT2D eigenvalue weighted by atomic mass is 32.2. The molecule has 2 N–H and O–H groups in total. The van der Waals surface area contributed by atoms with Gasteiger partial charge >= 0.3 is 0 Å². The van der Waals surface area contributed by atoms with Gasteiger partial charge in [-0.05, 0) is 60.9 Å². The lowest BCUT2D eigenvalue weighted by atomic mass is 10.1. The summed E-state index contributed by atoms with van der Waals surface area (Å²) in [7, 11) is -3.82. The summed E-state index contributed by atoms with van der Waals surface area (Å²) in [5, 5.41) is 4.57. The summed E-state index contributed by atoms with van der Waals surface area (Å²) in [6, 6.07) is 17.1. The first kappa shape index (κ1) is 19.1. The van der Waals surface area contributed by atoms with Gasteiger partial charge in [-0.25, -0.2) is 8.42 Å². The molecule has 0 aliphatic heterocycles. The van der Waals surface area contributed by atoms with Crippen LogP contribution >= 0.6 is 0 Å². The largest absolute Gasteiger partial charge is 0.324 e. The molecule has 0 unspecified atom stereocenters. The van der Waals surface area contributed by atoms with Crippen LogP contribution in [0.1, 0.15) is 18.1 Å². The quantitative estimate of drug-likeness (QED) is 0.705. The van der Waals surface area contributed by atoms with E-state index in [0.717, 1.165) is 21.9 Å². The van der Waals surface area contributed by atoms with Crippen LogP contribution in [0, 0.1) is 13.8 Å². The van der Waals surface area contributed by atoms with Crippen LogP contribution < -0.4 is 10.0 Å². The highest BCUT2D eigenvalue weighted by molar-refractivity contribution is 7.89. The lowest BCUT2D eigenvalue weighted by molar-refractivity contribution is -0.117. The monoisotopic (exact) mass is 382 g/mol. The number of hydrogen-bond donors (Lipinski definition) is 2. The second-order valence-corrected chi connectivity index (χ2v) is 8.30. The number of anilines is 1. The molecule has 140 valence electrons. The molecule has 0 aliphatic carbocycles. The average molecular weight is 382 g/mol. The lowest BCUT2D eigenvalue weighted by Gasteiger charge is -2.16. The molecule has 0 saturated heterocycles. The van der Waals surface area contributed by atoms with Gasteiger partial charge in [-0.3, -0.25) is 4.79 Å². The Balaban J connectivity index is 1.77. The molecule has 0 heterocycles. The molecule has 5 nitrogen and oxygen atoms in total. The first-order valence-corrected chi connectivity index (χ1v) is 10.1. The molecular weight excluding hydrogens is 360 g/mol. The van der Waals surface area contributed by atoms with Crippen molar-refractivity contribution in [3.05, 3.63) is 71.8 Å². The first-order valence-electron chi connectivity index (χ1n) is 8.66. The number of amides is 1. The summed E-state index contributed by atoms with van der Waals surface area (Å²) in [4.78, 5) is 12.6. The number of carbonyl (C=O) groups excluding carboxylic acids is 1. The Morgan fingerprint density at radius 2 is 1.63 bits per heavy atom. The van der Waals surface area contributed by atoms with Crippen molar-refractivity contribution < 1.29 is 13.2 Å². The molecule has 1 amide bonds. The summed E-state index contributed by atoms with van der Waals surface area (Å²) in [5.41, 5.74) is 2.68. The van der Waals surface area contributed by atoms with Crippen LogP contribution in [0.15, 0.2) is 65.6 Å². The van der Waals surface area contributed by atoms with Crippen molar-refractivity contribution in [2.75, 3.05) is 5.32 Å². The topological polar surface area (TPSA) is 75.3 Å². The number of carbonyl (C=O) groups is 1. The Bertz CT molecular complexity index is 1110. The number of sulfonamides is 1. The Kier molecular flexibility index (Phi) is 5.30. The van der Waals surface area contributed by atoms with Gasteiger partial charge in [0.2, 0.25) is 15.9 Å². The SMILES string of the molecule is Cc1cccc(NC(=O)[C@H](C)NS(=O)(=O)c2ccc3ccccc3c2)c1C. The van der Waals surface area contributed by atoms with E-state index in [1.807, 2.05) is 50.2 Å². The maximum absolute atomic E-state index is 12.7. The van der Waals surface area contributed by atoms with E-state index in [0.29, 0.717) is 5.69 Å². The van der Waals surface area contributed by atoms with Crippen LogP contribution in [-0.2, 0) is 14.8 Å². The molecule has 0 radical (unpaired) electrons. The molecule has 27 heavy (non-hydrogen) atoms. The number of rotatable bonds is 5. The molecule has 0 fully saturated rings. The van der Waals surface area contributed by atoms with Gasteiger partial charge < -0.3 is 5.32 Å². The third-order valence-corrected chi connectivity index (χ3v) is 6.16. The van der Waals surface area contributed by atoms with Crippen molar-refractivity contribution in [3.8, 4) is 0 Å². The molecule has 0 spiro atoms. The fourth-order valence-electron chi connectivity index (χ4n) is 2.82. The summed E-state index contributed by atoms with van der Waals surface area (Å²) in [6.45, 7) is 5.39. The van der Waals surface area contributed by atoms with Gasteiger partial charge in [-0.2, -0.15) is 4.72 Å². The van der Waals surface area contributed by atoms with Crippen molar-refractivity contribution in [1.29, 1.82) is 0 Å². The summed E-state index contributed by atoms with van der Waals surface area (Å²) < 4.78 is 27.8. The van der Waals surface area contributed by atoms with Crippen molar-refractivity contribution >= 4 is 32.4 Å². The minimum Gasteiger partial charge on any atom is -0.324 e. The van der Waals surface area contributed by atoms with Gasteiger partial charge in [0, 0.05) is 5.69 Å². The number of aryl methyl sites for hydroxylation is 1. The summed E-state index contributed by atoms with van der Waals surface area (Å²) >= 11 is 0. The zero-order chi connectivity index (χ0) is 19.6. The van der Waals surface area contributed by atoms with E-state index in [-0.39, 0.29) is 4.90 Å². The molecule has 0 saturated carbocycles. The minimum absolute atomic E-state index is 0.132. The Labute approximate surface area is 159 Å². The van der Waals surface area contributed by atoms with E-state index in [9.17, 15) is 13.2 Å². The number of hydrogen-bond acceptors (Lipinski definition) is 3. The Morgan fingerprint density at radius 1 is 0.926 bits per heavy atom. The van der Waals surface area contributed by atoms with Crippen molar-refractivity contribution in [2.24, 2.45) is 0 Å². The first-order chi connectivity index (χ1) is 12.8. The Morgan fingerprint density at radius 3 is 2.37 bits per heavy atom. The van der Waals surface area contributed by atoms with Gasteiger partial charge in [0.15, 0.2) is 0 Å². The van der Waals surface area contributed by atoms with Crippen molar-refractivity contribution in [2.45, 2.75) is 31.7 Å². The molecule has 6 heteroatoms. The van der Waals surface area contributed by atoms with Crippen molar-refractivity contribution in [3.63, 3.8) is 0 Å². The average Bonchev–Trinajstić information content (AvgIpc) is 2.64. The maximum Gasteiger partial charge on any atom is 0.242 e. The zero-order valence-electron chi connectivity index (χ0n) is 15.5. The fraction of sp³-hybridized carbons (Fsp3) is 0.190. The predicted octanol–water partition coefficient (Wildman–Crippen LogP) is 3.76. The maximum atomic E-state index is 12.7. The normalized spacial score (nSPS) is 12.7. The van der Waals surface area contributed by atoms with Crippen LogP contribution in [0.4, 0.5) is 5.69 Å². The summed E-state index contributed by atoms with van der Waals surface area (Å²) in [5.74, 6) is -0.409. The lowest BCUT2D eigenvalue weighted by Crippen LogP contribution is -2.41. The predicted molar refractivity (Wildman–Crippen MR) is 108 cm³/mol. The van der Waals surface area contributed by atoms with Crippen molar-refractivity contribution in [1.82, 2.24) is 4.72 Å². The van der Waals surface area contributed by atoms with Gasteiger partial charge in [0.1, 0.15) is 0 Å². The van der Waals surface area contributed by atoms with Gasteiger partial charge in [0.25, 0.3) is 0 Å². The van der Waals surface area contributed by atoms with E-state index in [1.165, 1.54) is 6.92 Å². The van der Waals surface area contributed by atoms with Crippen LogP contribution in [0.25, 0.3) is 10.8 Å². The third kappa shape index (κ3) is 4.18. The third-order valence-electron chi connectivity index (χ3n) is 4.62. The number of fused-ring (bicyclic) bond motifs is 1. The zero-order valence-corrected chi connectivity index (χ0v) is 16.3. The standard InChI is InChI=1S/C21H22N2O3S/c1-14-7-6-10-20(15(14)2)22-21(24)16(3)23-27(25,26)19-12-11-17-8-4-5-9-18(17)13-19/h4-13,16,23H,1-3H3,(H,22,24)/t16-/m0/s1. The van der Waals surface area contributed by atoms with Crippen LogP contribution in [0.3, 0.4) is 0 Å². The molecule has 3 aromatic rings. The highest BCUT2D eigenvalue weighted by Crippen LogP contribution is 2.20. The molecule has 3 rings (SSSR count). The number of benzene rings is 3. The molecule has 0 aromatic heterocycles. The number of nitrogens with one attached hydrogen (secondary N) is 2. The molecule has 0 bridgehead atoms. The van der Waals surface area contributed by atoms with E-state index in [1.54, 1.807) is 24.3 Å². The molecule has 3 aromatic carbocycles. The highest BCUT2D eigenvalue weighted by Gasteiger charge is 2.22. The van der Waals surface area contributed by atoms with Crippen LogP contribution in [-0.4, -0.2) is 20.4 Å². The van der Waals surface area contributed by atoms with E-state index < -0.39 is 22.0 Å². The summed E-state index contributed by atoms with van der Waals surface area (Å²) in [6.07, 6.45) is 0. The molecular formula is C21H22N2O3S. The van der Waals surface area contributed by atoms with Gasteiger partial charge in [-0.1, -0.05) is 42.5 Å². The van der Waals surface area contributed by atoms with Gasteiger partial charge in [0.05, 0.1) is 10.9 Å². The molecule has 0 aliphatic rings. The smallest absolute Gasteiger partial charge is 0.242 e. The molecule has 1 atom stereocenters. The second kappa shape index (κ2) is 7.50. The van der Waals surface area contributed by atoms with Crippen LogP contribution in [0.5, 0.6) is 0 Å². The fourth-order valence-corrected chi connectivity index (χ4v) is 4.05. The second-order valence-electron chi connectivity index (χ2n) is 6.59. The van der Waals surface area contributed by atoms with Gasteiger partial charge in [-0.15, -0.1) is 0 Å². The Hall–Kier alpha value is -2.70. The van der Waals surface area contributed by atoms with E-state index >= 15 is 0 Å². The minimum atomic E-state index is -3.82. The van der Waals surface area contributed by atoms with E-state index in [2.05, 4.69) is 10.0 Å². The van der Waals surface area contributed by atoms with Crippen LogP contribution in [0.2, 0.25) is 0 Å². The van der Waals surface area contributed by atoms with E-state index in [4.69, 9.17) is 0 Å².